The zero-order chi connectivity index (χ0) is 9.97. The molecule has 0 spiro atoms. The molecule has 5 heteroatoms. The quantitative estimate of drug-likeness (QED) is 0.739. The van der Waals surface area contributed by atoms with E-state index in [-0.39, 0.29) is 0 Å². The SMILES string of the molecule is Cn1nnc(CN)c1-c1ccncc1. The fourth-order valence-electron chi connectivity index (χ4n) is 1.40. The third-order valence-corrected chi connectivity index (χ3v) is 2.04. The van der Waals surface area contributed by atoms with E-state index in [1.54, 1.807) is 17.1 Å². The largest absolute Gasteiger partial charge is 0.325 e. The van der Waals surface area contributed by atoms with Crippen LogP contribution >= 0.6 is 0 Å². The molecule has 0 atom stereocenters. The van der Waals surface area contributed by atoms with E-state index < -0.39 is 0 Å². The summed E-state index contributed by atoms with van der Waals surface area (Å²) in [6, 6.07) is 3.83. The van der Waals surface area contributed by atoms with Crippen molar-refractivity contribution in [1.82, 2.24) is 20.0 Å². The summed E-state index contributed by atoms with van der Waals surface area (Å²) in [5.74, 6) is 0. The first-order valence-corrected chi connectivity index (χ1v) is 4.32. The summed E-state index contributed by atoms with van der Waals surface area (Å²) in [5.41, 5.74) is 8.36. The predicted molar refractivity (Wildman–Crippen MR) is 52.1 cm³/mol. The average molecular weight is 189 g/mol. The number of hydrogen-bond acceptors (Lipinski definition) is 4. The molecule has 2 aromatic heterocycles. The molecular weight excluding hydrogens is 178 g/mol. The standard InChI is InChI=1S/C9H11N5/c1-14-9(8(6-10)12-13-14)7-2-4-11-5-3-7/h2-5H,6,10H2,1H3. The first-order valence-electron chi connectivity index (χ1n) is 4.32. The van der Waals surface area contributed by atoms with Crippen LogP contribution in [0.2, 0.25) is 0 Å². The normalized spacial score (nSPS) is 10.4. The number of pyridine rings is 1. The Kier molecular flexibility index (Phi) is 2.24. The lowest BCUT2D eigenvalue weighted by Gasteiger charge is -2.01. The van der Waals surface area contributed by atoms with Crippen molar-refractivity contribution < 1.29 is 0 Å². The number of nitrogens with two attached hydrogens (primary N) is 1. The van der Waals surface area contributed by atoms with Gasteiger partial charge in [-0.25, -0.2) is 4.68 Å². The minimum Gasteiger partial charge on any atom is -0.325 e. The molecule has 72 valence electrons. The Balaban J connectivity index is 2.55. The van der Waals surface area contributed by atoms with Crippen molar-refractivity contribution in [2.75, 3.05) is 0 Å². The van der Waals surface area contributed by atoms with Gasteiger partial charge in [-0.05, 0) is 12.1 Å². The molecule has 0 aliphatic heterocycles. The van der Waals surface area contributed by atoms with E-state index in [0.29, 0.717) is 6.54 Å². The van der Waals surface area contributed by atoms with E-state index in [1.807, 2.05) is 19.2 Å². The second-order valence-corrected chi connectivity index (χ2v) is 2.95. The highest BCUT2D eigenvalue weighted by atomic mass is 15.4. The molecule has 0 saturated heterocycles. The minimum atomic E-state index is 0.394. The predicted octanol–water partition coefficient (Wildman–Crippen LogP) is 0.336. The van der Waals surface area contributed by atoms with Gasteiger partial charge in [0.05, 0.1) is 5.69 Å². The van der Waals surface area contributed by atoms with Crippen LogP contribution in [0.15, 0.2) is 24.5 Å². The summed E-state index contributed by atoms with van der Waals surface area (Å²) in [6.45, 7) is 0.394. The number of aromatic nitrogens is 4. The second kappa shape index (κ2) is 3.55. The van der Waals surface area contributed by atoms with Crippen LogP contribution in [0.3, 0.4) is 0 Å². The maximum atomic E-state index is 5.57. The summed E-state index contributed by atoms with van der Waals surface area (Å²) >= 11 is 0. The molecule has 5 nitrogen and oxygen atoms in total. The molecule has 0 bridgehead atoms. The Morgan fingerprint density at radius 2 is 2.07 bits per heavy atom. The maximum absolute atomic E-state index is 5.57. The van der Waals surface area contributed by atoms with E-state index in [9.17, 15) is 0 Å². The Labute approximate surface area is 81.6 Å². The van der Waals surface area contributed by atoms with Crippen molar-refractivity contribution in [2.45, 2.75) is 6.54 Å². The topological polar surface area (TPSA) is 69.6 Å². The molecule has 0 saturated carbocycles. The van der Waals surface area contributed by atoms with Gasteiger partial charge >= 0.3 is 0 Å². The molecule has 0 radical (unpaired) electrons. The highest BCUT2D eigenvalue weighted by molar-refractivity contribution is 5.60. The Bertz CT molecular complexity index is 420. The van der Waals surface area contributed by atoms with Gasteiger partial charge in [0.2, 0.25) is 0 Å². The fraction of sp³-hybridized carbons (Fsp3) is 0.222. The van der Waals surface area contributed by atoms with Gasteiger partial charge in [-0.3, -0.25) is 4.98 Å². The fourth-order valence-corrected chi connectivity index (χ4v) is 1.40. The molecule has 0 aromatic carbocycles. The first kappa shape index (κ1) is 8.83. The number of nitrogens with zero attached hydrogens (tertiary/aromatic N) is 4. The third-order valence-electron chi connectivity index (χ3n) is 2.04. The molecule has 2 rings (SSSR count). The van der Waals surface area contributed by atoms with Crippen LogP contribution in [0.1, 0.15) is 5.69 Å². The zero-order valence-electron chi connectivity index (χ0n) is 7.88. The van der Waals surface area contributed by atoms with E-state index in [1.165, 1.54) is 0 Å². The molecular formula is C9H11N5. The molecule has 14 heavy (non-hydrogen) atoms. The lowest BCUT2D eigenvalue weighted by molar-refractivity contribution is 0.718. The molecule has 0 aliphatic rings. The van der Waals surface area contributed by atoms with Gasteiger partial charge in [0, 0.05) is 31.5 Å². The van der Waals surface area contributed by atoms with Gasteiger partial charge in [0.15, 0.2) is 0 Å². The first-order chi connectivity index (χ1) is 6.83. The van der Waals surface area contributed by atoms with E-state index in [2.05, 4.69) is 15.3 Å². The highest BCUT2D eigenvalue weighted by Crippen LogP contribution is 2.19. The number of aryl methyl sites for hydroxylation is 1. The van der Waals surface area contributed by atoms with Crippen LogP contribution in [0.25, 0.3) is 11.3 Å². The number of hydrogen-bond donors (Lipinski definition) is 1. The van der Waals surface area contributed by atoms with Crippen molar-refractivity contribution >= 4 is 0 Å². The Hall–Kier alpha value is -1.75. The average Bonchev–Trinajstić information content (AvgIpc) is 2.61. The second-order valence-electron chi connectivity index (χ2n) is 2.95. The minimum absolute atomic E-state index is 0.394. The Morgan fingerprint density at radius 1 is 1.36 bits per heavy atom. The van der Waals surface area contributed by atoms with Gasteiger partial charge in [-0.2, -0.15) is 0 Å². The maximum Gasteiger partial charge on any atom is 0.104 e. The third kappa shape index (κ3) is 1.38. The van der Waals surface area contributed by atoms with Gasteiger partial charge < -0.3 is 5.73 Å². The molecule has 0 amide bonds. The lowest BCUT2D eigenvalue weighted by atomic mass is 10.1. The zero-order valence-corrected chi connectivity index (χ0v) is 7.88. The van der Waals surface area contributed by atoms with Crippen LogP contribution in [0.5, 0.6) is 0 Å². The van der Waals surface area contributed by atoms with Crippen LogP contribution < -0.4 is 5.73 Å². The van der Waals surface area contributed by atoms with Gasteiger partial charge in [0.25, 0.3) is 0 Å². The van der Waals surface area contributed by atoms with Crippen LogP contribution in [-0.2, 0) is 13.6 Å². The van der Waals surface area contributed by atoms with Gasteiger partial charge in [0.1, 0.15) is 5.69 Å². The molecule has 0 aliphatic carbocycles. The van der Waals surface area contributed by atoms with E-state index in [4.69, 9.17) is 5.73 Å². The van der Waals surface area contributed by atoms with Gasteiger partial charge in [-0.15, -0.1) is 5.10 Å². The Morgan fingerprint density at radius 3 is 2.71 bits per heavy atom. The van der Waals surface area contributed by atoms with E-state index >= 15 is 0 Å². The van der Waals surface area contributed by atoms with Crippen molar-refractivity contribution in [3.05, 3.63) is 30.2 Å². The summed E-state index contributed by atoms with van der Waals surface area (Å²) < 4.78 is 1.72. The van der Waals surface area contributed by atoms with E-state index in [0.717, 1.165) is 17.0 Å². The smallest absolute Gasteiger partial charge is 0.104 e. The van der Waals surface area contributed by atoms with Crippen LogP contribution in [0, 0.1) is 0 Å². The summed E-state index contributed by atoms with van der Waals surface area (Å²) in [6.07, 6.45) is 3.48. The lowest BCUT2D eigenvalue weighted by Crippen LogP contribution is -2.00. The molecule has 2 N–H and O–H groups in total. The monoisotopic (exact) mass is 189 g/mol. The van der Waals surface area contributed by atoms with Crippen LogP contribution in [-0.4, -0.2) is 20.0 Å². The van der Waals surface area contributed by atoms with Crippen molar-refractivity contribution in [3.8, 4) is 11.3 Å². The summed E-state index contributed by atoms with van der Waals surface area (Å²) in [7, 11) is 1.85. The van der Waals surface area contributed by atoms with Crippen molar-refractivity contribution in [1.29, 1.82) is 0 Å². The molecule has 2 aromatic rings. The van der Waals surface area contributed by atoms with Crippen molar-refractivity contribution in [2.24, 2.45) is 12.8 Å². The molecule has 0 unspecified atom stereocenters. The summed E-state index contributed by atoms with van der Waals surface area (Å²) in [5, 5.41) is 7.91. The summed E-state index contributed by atoms with van der Waals surface area (Å²) in [4.78, 5) is 3.96. The van der Waals surface area contributed by atoms with Crippen molar-refractivity contribution in [3.63, 3.8) is 0 Å². The highest BCUT2D eigenvalue weighted by Gasteiger charge is 2.10. The molecule has 0 fully saturated rings. The molecule has 2 heterocycles. The van der Waals surface area contributed by atoms with Crippen LogP contribution in [0.4, 0.5) is 0 Å². The van der Waals surface area contributed by atoms with Gasteiger partial charge in [-0.1, -0.05) is 5.21 Å². The number of rotatable bonds is 2.